The molecule has 0 N–H and O–H groups in total. The molecule has 1 aliphatic rings. The third-order valence-corrected chi connectivity index (χ3v) is 5.11. The molecule has 3 heterocycles. The van der Waals surface area contributed by atoms with Gasteiger partial charge in [0, 0.05) is 11.3 Å². The summed E-state index contributed by atoms with van der Waals surface area (Å²) in [4.78, 5) is 9.24. The van der Waals surface area contributed by atoms with Crippen LogP contribution in [-0.4, -0.2) is 34.4 Å². The molecule has 0 saturated carbocycles. The number of hydrogen-bond acceptors (Lipinski definition) is 6. The zero-order chi connectivity index (χ0) is 21.3. The van der Waals surface area contributed by atoms with Crippen LogP contribution in [0.15, 0.2) is 28.8 Å². The topological polar surface area (TPSA) is 73.6 Å². The molecule has 1 aromatic carbocycles. The highest BCUT2D eigenvalue weighted by atomic mass is 16.6. The third-order valence-electron chi connectivity index (χ3n) is 5.11. The number of aromatic nitrogens is 3. The average Bonchev–Trinajstić information content (AvgIpc) is 3.38. The lowest BCUT2D eigenvalue weighted by Crippen LogP contribution is -2.07. The van der Waals surface area contributed by atoms with E-state index in [1.165, 1.54) is 5.56 Å². The van der Waals surface area contributed by atoms with Crippen LogP contribution in [0, 0.1) is 19.8 Å². The van der Waals surface area contributed by atoms with E-state index in [0.717, 1.165) is 53.3 Å². The Hall–Kier alpha value is -2.73. The number of pyridine rings is 1. The molecule has 6 nitrogen and oxygen atoms in total. The summed E-state index contributed by atoms with van der Waals surface area (Å²) in [5.74, 6) is 2.51. The van der Waals surface area contributed by atoms with Gasteiger partial charge in [-0.15, -0.1) is 0 Å². The van der Waals surface area contributed by atoms with E-state index >= 15 is 0 Å². The first-order valence-corrected chi connectivity index (χ1v) is 10.6. The smallest absolute Gasteiger partial charge is 0.276 e. The molecular weight excluding hydrogens is 378 g/mol. The average molecular weight is 408 g/mol. The van der Waals surface area contributed by atoms with Gasteiger partial charge >= 0.3 is 0 Å². The van der Waals surface area contributed by atoms with E-state index in [4.69, 9.17) is 14.0 Å². The van der Waals surface area contributed by atoms with Crippen LogP contribution < -0.4 is 4.74 Å². The van der Waals surface area contributed by atoms with Crippen molar-refractivity contribution in [2.45, 2.75) is 53.6 Å². The summed E-state index contributed by atoms with van der Waals surface area (Å²) in [6.07, 6.45) is 2.08. The summed E-state index contributed by atoms with van der Waals surface area (Å²) in [6.45, 7) is 12.0. The highest BCUT2D eigenvalue weighted by Crippen LogP contribution is 2.31. The number of rotatable bonds is 8. The Labute approximate surface area is 177 Å². The Morgan fingerprint density at radius 2 is 1.93 bits per heavy atom. The van der Waals surface area contributed by atoms with Gasteiger partial charge in [-0.25, -0.2) is 4.98 Å². The largest absolute Gasteiger partial charge is 0.490 e. The first-order valence-electron chi connectivity index (χ1n) is 10.6. The molecule has 158 valence electrons. The standard InChI is InChI=1S/C24H29N3O3/c1-6-18-11-19(8-15(4)22(18)29-13-20-12-28-20)23-26-24(30-27-23)21-10-17(7-14(2)3)9-16(5)25-21/h8-11,14,20H,6-7,12-13H2,1-5H3/t20-/m0/s1. The van der Waals surface area contributed by atoms with Crippen molar-refractivity contribution in [2.75, 3.05) is 13.2 Å². The lowest BCUT2D eigenvalue weighted by molar-refractivity contribution is 0.260. The Morgan fingerprint density at radius 3 is 2.63 bits per heavy atom. The maximum Gasteiger partial charge on any atom is 0.276 e. The Bertz CT molecular complexity index is 1040. The van der Waals surface area contributed by atoms with Crippen LogP contribution in [0.2, 0.25) is 0 Å². The van der Waals surface area contributed by atoms with Crippen molar-refractivity contribution < 1.29 is 14.0 Å². The first-order chi connectivity index (χ1) is 14.4. The fourth-order valence-electron chi connectivity index (χ4n) is 3.67. The second-order valence-corrected chi connectivity index (χ2v) is 8.42. The van der Waals surface area contributed by atoms with E-state index in [0.29, 0.717) is 24.2 Å². The van der Waals surface area contributed by atoms with Crippen molar-refractivity contribution in [1.82, 2.24) is 15.1 Å². The molecule has 0 aliphatic carbocycles. The van der Waals surface area contributed by atoms with Crippen molar-refractivity contribution in [3.63, 3.8) is 0 Å². The molecule has 1 aliphatic heterocycles. The minimum atomic E-state index is 0.232. The third kappa shape index (κ3) is 4.70. The van der Waals surface area contributed by atoms with Crippen LogP contribution >= 0.6 is 0 Å². The molecule has 3 aromatic rings. The quantitative estimate of drug-likeness (QED) is 0.492. The van der Waals surface area contributed by atoms with E-state index in [2.05, 4.69) is 48.0 Å². The summed E-state index contributed by atoms with van der Waals surface area (Å²) < 4.78 is 16.8. The highest BCUT2D eigenvalue weighted by Gasteiger charge is 2.24. The maximum atomic E-state index is 6.01. The predicted octanol–water partition coefficient (Wildman–Crippen LogP) is 4.95. The summed E-state index contributed by atoms with van der Waals surface area (Å²) in [5.41, 5.74) is 6.02. The molecule has 0 spiro atoms. The molecule has 30 heavy (non-hydrogen) atoms. The second kappa shape index (κ2) is 8.56. The molecule has 0 unspecified atom stereocenters. The molecule has 2 aromatic heterocycles. The van der Waals surface area contributed by atoms with Gasteiger partial charge in [0.2, 0.25) is 5.82 Å². The maximum absolute atomic E-state index is 6.01. The van der Waals surface area contributed by atoms with Crippen LogP contribution in [0.3, 0.4) is 0 Å². The van der Waals surface area contributed by atoms with E-state index in [9.17, 15) is 0 Å². The van der Waals surface area contributed by atoms with Crippen molar-refractivity contribution in [1.29, 1.82) is 0 Å². The minimum Gasteiger partial charge on any atom is -0.490 e. The zero-order valence-electron chi connectivity index (χ0n) is 18.4. The summed E-state index contributed by atoms with van der Waals surface area (Å²) in [6, 6.07) is 8.29. The molecular formula is C24H29N3O3. The van der Waals surface area contributed by atoms with Gasteiger partial charge in [0.1, 0.15) is 24.2 Å². The summed E-state index contributed by atoms with van der Waals surface area (Å²) in [5, 5.41) is 4.23. The highest BCUT2D eigenvalue weighted by molar-refractivity contribution is 5.63. The van der Waals surface area contributed by atoms with Crippen LogP contribution in [0.4, 0.5) is 0 Å². The molecule has 0 radical (unpaired) electrons. The van der Waals surface area contributed by atoms with E-state index in [1.807, 2.05) is 26.0 Å². The van der Waals surface area contributed by atoms with Gasteiger partial charge in [-0.05, 0) is 73.6 Å². The summed E-state index contributed by atoms with van der Waals surface area (Å²) >= 11 is 0. The lowest BCUT2D eigenvalue weighted by Gasteiger charge is -2.14. The lowest BCUT2D eigenvalue weighted by atomic mass is 10.0. The molecule has 1 fully saturated rings. The fourth-order valence-corrected chi connectivity index (χ4v) is 3.67. The Kier molecular flexibility index (Phi) is 5.86. The predicted molar refractivity (Wildman–Crippen MR) is 116 cm³/mol. The Balaban J connectivity index is 1.62. The zero-order valence-corrected chi connectivity index (χ0v) is 18.4. The molecule has 4 rings (SSSR count). The molecule has 1 saturated heterocycles. The Morgan fingerprint density at radius 1 is 1.13 bits per heavy atom. The summed E-state index contributed by atoms with van der Waals surface area (Å²) in [7, 11) is 0. The number of aryl methyl sites for hydroxylation is 3. The first kappa shape index (κ1) is 20.5. The monoisotopic (exact) mass is 407 g/mol. The van der Waals surface area contributed by atoms with Gasteiger partial charge in [0.05, 0.1) is 6.61 Å². The van der Waals surface area contributed by atoms with Gasteiger partial charge in [0.15, 0.2) is 0 Å². The normalized spacial score (nSPS) is 15.6. The number of epoxide rings is 1. The molecule has 0 bridgehead atoms. The van der Waals surface area contributed by atoms with Crippen LogP contribution in [0.1, 0.15) is 43.2 Å². The molecule has 6 heteroatoms. The molecule has 1 atom stereocenters. The van der Waals surface area contributed by atoms with Crippen molar-refractivity contribution in [3.05, 3.63) is 46.6 Å². The van der Waals surface area contributed by atoms with E-state index in [-0.39, 0.29) is 6.10 Å². The fraction of sp³-hybridized carbons (Fsp3) is 0.458. The van der Waals surface area contributed by atoms with Crippen LogP contribution in [0.5, 0.6) is 5.75 Å². The van der Waals surface area contributed by atoms with E-state index < -0.39 is 0 Å². The molecule has 0 amide bonds. The number of hydrogen-bond donors (Lipinski definition) is 0. The van der Waals surface area contributed by atoms with Crippen LogP contribution in [0.25, 0.3) is 23.0 Å². The SMILES string of the molecule is CCc1cc(-c2noc(-c3cc(CC(C)C)cc(C)n3)n2)cc(C)c1OC[C@@H]1CO1. The van der Waals surface area contributed by atoms with Crippen molar-refractivity contribution in [3.8, 4) is 28.7 Å². The van der Waals surface area contributed by atoms with Gasteiger partial charge in [-0.1, -0.05) is 25.9 Å². The van der Waals surface area contributed by atoms with Gasteiger partial charge in [-0.3, -0.25) is 0 Å². The number of ether oxygens (including phenoxy) is 2. The van der Waals surface area contributed by atoms with E-state index in [1.54, 1.807) is 0 Å². The van der Waals surface area contributed by atoms with Crippen molar-refractivity contribution >= 4 is 0 Å². The van der Waals surface area contributed by atoms with Crippen LogP contribution in [-0.2, 0) is 17.6 Å². The van der Waals surface area contributed by atoms with Gasteiger partial charge < -0.3 is 14.0 Å². The number of benzene rings is 1. The minimum absolute atomic E-state index is 0.232. The second-order valence-electron chi connectivity index (χ2n) is 8.42. The number of nitrogens with zero attached hydrogens (tertiary/aromatic N) is 3. The van der Waals surface area contributed by atoms with Crippen molar-refractivity contribution in [2.24, 2.45) is 5.92 Å². The van der Waals surface area contributed by atoms with Gasteiger partial charge in [-0.2, -0.15) is 4.98 Å². The van der Waals surface area contributed by atoms with Gasteiger partial charge in [0.25, 0.3) is 5.89 Å².